The molecular weight excluding hydrogens is 317 g/mol. The smallest absolute Gasteiger partial charge is 0.239 e. The highest BCUT2D eigenvalue weighted by Crippen LogP contribution is 2.24. The summed E-state index contributed by atoms with van der Waals surface area (Å²) in [4.78, 5) is 11.5. The van der Waals surface area contributed by atoms with Gasteiger partial charge in [-0.15, -0.1) is 5.10 Å². The van der Waals surface area contributed by atoms with E-state index in [0.717, 1.165) is 12.0 Å². The summed E-state index contributed by atoms with van der Waals surface area (Å²) < 4.78 is 0. The fraction of sp³-hybridized carbons (Fsp3) is 0.308. The van der Waals surface area contributed by atoms with Crippen LogP contribution in [0.4, 0.5) is 0 Å². The van der Waals surface area contributed by atoms with E-state index in [1.807, 2.05) is 19.9 Å². The second-order valence-electron chi connectivity index (χ2n) is 4.22. The maximum absolute atomic E-state index is 11.5. The fourth-order valence-corrected chi connectivity index (χ4v) is 2.77. The third-order valence-corrected chi connectivity index (χ3v) is 4.75. The Labute approximate surface area is 131 Å². The van der Waals surface area contributed by atoms with Gasteiger partial charge in [-0.2, -0.15) is 5.10 Å². The molecule has 0 aliphatic carbocycles. The molecule has 1 atom stereocenters. The van der Waals surface area contributed by atoms with Gasteiger partial charge in [0.2, 0.25) is 5.91 Å². The van der Waals surface area contributed by atoms with Crippen molar-refractivity contribution in [3.8, 4) is 0 Å². The third-order valence-electron chi connectivity index (χ3n) is 2.78. The number of carbonyl (C=O) groups is 1. The van der Waals surface area contributed by atoms with Crippen LogP contribution in [0.2, 0.25) is 10.0 Å². The van der Waals surface area contributed by atoms with Crippen molar-refractivity contribution in [2.24, 2.45) is 10.2 Å². The van der Waals surface area contributed by atoms with E-state index in [0.29, 0.717) is 20.9 Å². The van der Waals surface area contributed by atoms with Crippen molar-refractivity contribution >= 4 is 51.8 Å². The van der Waals surface area contributed by atoms with Crippen molar-refractivity contribution in [1.29, 1.82) is 0 Å². The monoisotopic (exact) mass is 329 g/mol. The van der Waals surface area contributed by atoms with Gasteiger partial charge in [0, 0.05) is 0 Å². The predicted octanol–water partition coefficient (Wildman–Crippen LogP) is 3.72. The summed E-state index contributed by atoms with van der Waals surface area (Å²) >= 11 is 13.2. The van der Waals surface area contributed by atoms with E-state index in [9.17, 15) is 4.79 Å². The van der Waals surface area contributed by atoms with Crippen LogP contribution in [0, 0.1) is 0 Å². The van der Waals surface area contributed by atoms with Crippen LogP contribution in [0.25, 0.3) is 0 Å². The Kier molecular flexibility index (Phi) is 5.07. The quantitative estimate of drug-likeness (QED) is 0.678. The van der Waals surface area contributed by atoms with Crippen LogP contribution < -0.4 is 5.32 Å². The lowest BCUT2D eigenvalue weighted by Crippen LogP contribution is -2.24. The third kappa shape index (κ3) is 3.53. The van der Waals surface area contributed by atoms with Gasteiger partial charge in [-0.3, -0.25) is 4.79 Å². The first-order valence-corrected chi connectivity index (χ1v) is 7.70. The summed E-state index contributed by atoms with van der Waals surface area (Å²) in [6.07, 6.45) is 0.769. The van der Waals surface area contributed by atoms with Crippen molar-refractivity contribution in [2.75, 3.05) is 0 Å². The lowest BCUT2D eigenvalue weighted by Gasteiger charge is -2.01. The number of thioether (sulfide) groups is 1. The van der Waals surface area contributed by atoms with Crippen LogP contribution in [-0.4, -0.2) is 22.0 Å². The van der Waals surface area contributed by atoms with Gasteiger partial charge < -0.3 is 5.32 Å². The summed E-state index contributed by atoms with van der Waals surface area (Å²) in [7, 11) is 0. The van der Waals surface area contributed by atoms with Gasteiger partial charge in [0.15, 0.2) is 5.17 Å². The van der Waals surface area contributed by atoms with Crippen LogP contribution in [0.15, 0.2) is 28.4 Å². The number of nitrogens with zero attached hydrogens (tertiary/aromatic N) is 2. The average molecular weight is 330 g/mol. The summed E-state index contributed by atoms with van der Waals surface area (Å²) in [5.74, 6) is -0.0151. The molecule has 1 aromatic carbocycles. The molecule has 1 aliphatic heterocycles. The topological polar surface area (TPSA) is 53.8 Å². The van der Waals surface area contributed by atoms with Crippen molar-refractivity contribution in [2.45, 2.75) is 25.5 Å². The number of hydrogen-bond donors (Lipinski definition) is 1. The number of hydrogen-bond acceptors (Lipinski definition) is 4. The normalized spacial score (nSPS) is 21.4. The second-order valence-corrected chi connectivity index (χ2v) is 6.23. The number of nitrogens with one attached hydrogen (secondary N) is 1. The molecule has 1 saturated heterocycles. The standard InChI is InChI=1S/C13H13Cl2N3OS/c1-3-11-12(19)16-13(20-11)18-17-7(2)8-4-5-9(14)10(15)6-8/h4-6,11H,3H2,1-2H3,(H,16,18,19)/b17-7+. The molecule has 0 aromatic heterocycles. The summed E-state index contributed by atoms with van der Waals surface area (Å²) in [6.45, 7) is 3.78. The van der Waals surface area contributed by atoms with Crippen LogP contribution in [0.1, 0.15) is 25.8 Å². The Morgan fingerprint density at radius 1 is 1.40 bits per heavy atom. The molecule has 1 heterocycles. The molecule has 0 saturated carbocycles. The van der Waals surface area contributed by atoms with Crippen molar-refractivity contribution in [1.82, 2.24) is 5.32 Å². The summed E-state index contributed by atoms with van der Waals surface area (Å²) in [5, 5.41) is 12.3. The number of rotatable bonds is 3. The molecule has 0 bridgehead atoms. The molecule has 1 aromatic rings. The molecule has 1 amide bonds. The first-order chi connectivity index (χ1) is 9.51. The molecule has 106 valence electrons. The van der Waals surface area contributed by atoms with Crippen LogP contribution >= 0.6 is 35.0 Å². The lowest BCUT2D eigenvalue weighted by molar-refractivity contribution is -0.118. The van der Waals surface area contributed by atoms with Crippen LogP contribution in [-0.2, 0) is 4.79 Å². The number of amidine groups is 1. The van der Waals surface area contributed by atoms with Crippen molar-refractivity contribution in [3.63, 3.8) is 0 Å². The highest BCUT2D eigenvalue weighted by atomic mass is 35.5. The highest BCUT2D eigenvalue weighted by Gasteiger charge is 2.28. The van der Waals surface area contributed by atoms with E-state index in [1.165, 1.54) is 11.8 Å². The van der Waals surface area contributed by atoms with Gasteiger partial charge in [0.25, 0.3) is 0 Å². The van der Waals surface area contributed by atoms with Gasteiger partial charge >= 0.3 is 0 Å². The van der Waals surface area contributed by atoms with Crippen molar-refractivity contribution in [3.05, 3.63) is 33.8 Å². The van der Waals surface area contributed by atoms with Gasteiger partial charge in [-0.1, -0.05) is 48.0 Å². The van der Waals surface area contributed by atoms with E-state index in [1.54, 1.807) is 12.1 Å². The Hall–Kier alpha value is -1.04. The zero-order chi connectivity index (χ0) is 14.7. The van der Waals surface area contributed by atoms with Gasteiger partial charge in [0.05, 0.1) is 21.0 Å². The van der Waals surface area contributed by atoms with E-state index in [2.05, 4.69) is 15.5 Å². The Morgan fingerprint density at radius 2 is 2.15 bits per heavy atom. The molecule has 20 heavy (non-hydrogen) atoms. The molecule has 1 fully saturated rings. The zero-order valence-electron chi connectivity index (χ0n) is 11.0. The zero-order valence-corrected chi connectivity index (χ0v) is 13.3. The molecule has 1 unspecified atom stereocenters. The maximum Gasteiger partial charge on any atom is 0.239 e. The van der Waals surface area contributed by atoms with E-state index >= 15 is 0 Å². The summed E-state index contributed by atoms with van der Waals surface area (Å²) in [5.41, 5.74) is 1.54. The Balaban J connectivity index is 2.15. The van der Waals surface area contributed by atoms with Gasteiger partial charge in [0.1, 0.15) is 0 Å². The Morgan fingerprint density at radius 3 is 2.75 bits per heavy atom. The van der Waals surface area contributed by atoms with E-state index < -0.39 is 0 Å². The molecule has 4 nitrogen and oxygen atoms in total. The molecule has 0 spiro atoms. The van der Waals surface area contributed by atoms with Gasteiger partial charge in [-0.05, 0) is 31.0 Å². The second kappa shape index (κ2) is 6.61. The predicted molar refractivity (Wildman–Crippen MR) is 85.9 cm³/mol. The average Bonchev–Trinajstić information content (AvgIpc) is 2.79. The number of carbonyl (C=O) groups excluding carboxylic acids is 1. The lowest BCUT2D eigenvalue weighted by atomic mass is 10.1. The first-order valence-electron chi connectivity index (χ1n) is 6.06. The molecule has 2 rings (SSSR count). The van der Waals surface area contributed by atoms with E-state index in [4.69, 9.17) is 23.2 Å². The number of halogens is 2. The minimum atomic E-state index is -0.0748. The molecule has 1 aliphatic rings. The van der Waals surface area contributed by atoms with E-state index in [-0.39, 0.29) is 11.2 Å². The minimum Gasteiger partial charge on any atom is -0.303 e. The minimum absolute atomic E-state index is 0.0151. The largest absolute Gasteiger partial charge is 0.303 e. The molecule has 0 radical (unpaired) electrons. The molecule has 1 N–H and O–H groups in total. The number of benzene rings is 1. The Bertz CT molecular complexity index is 601. The number of amides is 1. The van der Waals surface area contributed by atoms with Crippen molar-refractivity contribution < 1.29 is 4.79 Å². The van der Waals surface area contributed by atoms with Gasteiger partial charge in [-0.25, -0.2) is 0 Å². The first kappa shape index (κ1) is 15.4. The molecule has 7 heteroatoms. The van der Waals surface area contributed by atoms with Crippen LogP contribution in [0.3, 0.4) is 0 Å². The fourth-order valence-electron chi connectivity index (χ4n) is 1.62. The highest BCUT2D eigenvalue weighted by molar-refractivity contribution is 8.15. The molecular formula is C13H13Cl2N3OS. The summed E-state index contributed by atoms with van der Waals surface area (Å²) in [6, 6.07) is 5.27. The van der Waals surface area contributed by atoms with Crippen LogP contribution in [0.5, 0.6) is 0 Å². The maximum atomic E-state index is 11.5. The SMILES string of the molecule is CCC1S/C(=N/N=C(\C)c2ccc(Cl)c(Cl)c2)NC1=O.